The summed E-state index contributed by atoms with van der Waals surface area (Å²) in [6.07, 6.45) is 8.69. The summed E-state index contributed by atoms with van der Waals surface area (Å²) >= 11 is 7.78. The van der Waals surface area contributed by atoms with Gasteiger partial charge in [-0.3, -0.25) is 4.79 Å². The number of hydrogen-bond acceptors (Lipinski definition) is 2. The van der Waals surface area contributed by atoms with Crippen molar-refractivity contribution in [3.8, 4) is 0 Å². The Bertz CT molecular complexity index is 197. The van der Waals surface area contributed by atoms with Crippen molar-refractivity contribution in [2.45, 2.75) is 70.0 Å². The van der Waals surface area contributed by atoms with E-state index in [2.05, 4.69) is 51.2 Å². The molecule has 118 valence electrons. The summed E-state index contributed by atoms with van der Waals surface area (Å²) in [6, 6.07) is 0. The third kappa shape index (κ3) is 18.9. The van der Waals surface area contributed by atoms with Crippen LogP contribution in [0.25, 0.3) is 0 Å². The minimum atomic E-state index is -0.547. The Kier molecular flexibility index (Phi) is 22.3. The molecule has 0 aromatic heterocycles. The van der Waals surface area contributed by atoms with Gasteiger partial charge in [-0.05, 0) is 20.3 Å². The van der Waals surface area contributed by atoms with Crippen LogP contribution in [0.3, 0.4) is 0 Å². The molecule has 0 bridgehead atoms. The molecule has 0 aromatic rings. The molecule has 0 atom stereocenters. The van der Waals surface area contributed by atoms with Gasteiger partial charge in [0.1, 0.15) is 4.32 Å². The molecular weight excluding hydrogens is 442 g/mol. The van der Waals surface area contributed by atoms with Gasteiger partial charge < -0.3 is 10.2 Å². The normalized spacial score (nSPS) is 10.0. The monoisotopic (exact) mass is 472 g/mol. The second-order valence-corrected chi connectivity index (χ2v) is 6.71. The third-order valence-electron chi connectivity index (χ3n) is 2.47. The average molecular weight is 471 g/mol. The number of carbonyl (C=O) groups is 1. The number of rotatable bonds is 9. The molecule has 0 aliphatic heterocycles. The van der Waals surface area contributed by atoms with Gasteiger partial charge in [0.15, 0.2) is 0 Å². The first-order chi connectivity index (χ1) is 8.48. The van der Waals surface area contributed by atoms with Gasteiger partial charge in [-0.1, -0.05) is 61.4 Å². The van der Waals surface area contributed by atoms with E-state index < -0.39 is 4.32 Å². The average Bonchev–Trinajstić information content (AvgIpc) is 2.33. The van der Waals surface area contributed by atoms with Crippen molar-refractivity contribution in [1.82, 2.24) is 0 Å². The molecule has 0 fully saturated rings. The summed E-state index contributed by atoms with van der Waals surface area (Å²) in [7, 11) is 0. The van der Waals surface area contributed by atoms with Crippen molar-refractivity contribution in [2.75, 3.05) is 6.61 Å². The third-order valence-corrected chi connectivity index (χ3v) is 2.79. The summed E-state index contributed by atoms with van der Waals surface area (Å²) in [6.45, 7) is 6.39. The van der Waals surface area contributed by atoms with Crippen LogP contribution in [0.2, 0.25) is 0 Å². The van der Waals surface area contributed by atoms with Crippen molar-refractivity contribution in [3.63, 3.8) is 0 Å². The van der Waals surface area contributed by atoms with Gasteiger partial charge in [-0.2, -0.15) is 0 Å². The fraction of sp³-hybridized carbons (Fsp3) is 0.923. The van der Waals surface area contributed by atoms with E-state index in [1.54, 1.807) is 13.8 Å². The number of esters is 1. The summed E-state index contributed by atoms with van der Waals surface area (Å²) in [5.74, 6) is -0.168. The summed E-state index contributed by atoms with van der Waals surface area (Å²) in [4.78, 5) is 11.4. The van der Waals surface area contributed by atoms with Crippen molar-refractivity contribution in [3.05, 3.63) is 0 Å². The molecule has 0 saturated heterocycles. The summed E-state index contributed by atoms with van der Waals surface area (Å²) < 4.78 is 4.60. The zero-order chi connectivity index (χ0) is 14.4. The molecule has 3 nitrogen and oxygen atoms in total. The molecule has 0 aliphatic rings. The molecule has 0 aliphatic carbocycles. The van der Waals surface area contributed by atoms with Gasteiger partial charge in [0.25, 0.3) is 0 Å². The van der Waals surface area contributed by atoms with Gasteiger partial charge >= 0.3 is 34.3 Å². The minimum absolute atomic E-state index is 0. The Hall–Kier alpha value is 0.949. The van der Waals surface area contributed by atoms with E-state index in [9.17, 15) is 4.79 Å². The van der Waals surface area contributed by atoms with Gasteiger partial charge in [0, 0.05) is 0 Å². The van der Waals surface area contributed by atoms with E-state index in [0.29, 0.717) is 6.61 Å². The van der Waals surface area contributed by atoms with E-state index in [0.717, 1.165) is 6.42 Å². The SMILES string of the molecule is CCCCCCCCCOC(=O)C(C)(C)Br.O.[SeH][SeH]. The van der Waals surface area contributed by atoms with Crippen LogP contribution in [0.4, 0.5) is 0 Å². The first-order valence-electron chi connectivity index (χ1n) is 6.54. The molecule has 0 unspecified atom stereocenters. The predicted octanol–water partition coefficient (Wildman–Crippen LogP) is 2.33. The number of carbonyl (C=O) groups excluding carboxylic acids is 1. The van der Waals surface area contributed by atoms with Crippen LogP contribution >= 0.6 is 15.9 Å². The molecule has 0 spiro atoms. The number of hydrogen-bond donors (Lipinski definition) is 0. The van der Waals surface area contributed by atoms with Crippen molar-refractivity contribution in [2.24, 2.45) is 0 Å². The molecule has 0 rings (SSSR count). The first-order valence-corrected chi connectivity index (χ1v) is 12.5. The zero-order valence-electron chi connectivity index (χ0n) is 12.2. The molecule has 0 amide bonds. The molecule has 0 saturated carbocycles. The number of ether oxygens (including phenoxy) is 1. The van der Waals surface area contributed by atoms with Crippen LogP contribution in [0.5, 0.6) is 0 Å². The molecular formula is C13H29BrO3Se2. The van der Waals surface area contributed by atoms with E-state index in [1.807, 2.05) is 0 Å². The number of alkyl halides is 1. The Balaban J connectivity index is -0.000000809. The maximum absolute atomic E-state index is 11.4. The van der Waals surface area contributed by atoms with Gasteiger partial charge in [0.2, 0.25) is 0 Å². The van der Waals surface area contributed by atoms with Crippen LogP contribution in [-0.2, 0) is 9.53 Å². The fourth-order valence-electron chi connectivity index (χ4n) is 1.40. The zero-order valence-corrected chi connectivity index (χ0v) is 17.6. The van der Waals surface area contributed by atoms with E-state index in [1.165, 1.54) is 38.5 Å². The van der Waals surface area contributed by atoms with Crippen LogP contribution in [0.15, 0.2) is 0 Å². The Morgan fingerprint density at radius 1 is 1.05 bits per heavy atom. The molecule has 0 radical (unpaired) electrons. The maximum atomic E-state index is 11.4. The number of unbranched alkanes of at least 4 members (excludes halogenated alkanes) is 6. The second kappa shape index (κ2) is 17.0. The number of halogens is 1. The molecule has 6 heteroatoms. The van der Waals surface area contributed by atoms with Gasteiger partial charge in [-0.15, -0.1) is 0 Å². The topological polar surface area (TPSA) is 57.8 Å². The molecule has 0 aromatic carbocycles. The van der Waals surface area contributed by atoms with Gasteiger partial charge in [0.05, 0.1) is 6.61 Å². The molecule has 19 heavy (non-hydrogen) atoms. The summed E-state index contributed by atoms with van der Waals surface area (Å²) in [5.41, 5.74) is 0. The molecule has 2 N–H and O–H groups in total. The van der Waals surface area contributed by atoms with Crippen LogP contribution in [0, 0.1) is 0 Å². The Labute approximate surface area is 141 Å². The predicted molar refractivity (Wildman–Crippen MR) is 89.9 cm³/mol. The standard InChI is InChI=1S/C13H25BrO2.H2O.H2Se2/c1-4-5-6-7-8-9-10-11-16-12(15)13(2,3)14;;1-2/h4-11H2,1-3H3;1H2;1-2H. The van der Waals surface area contributed by atoms with Gasteiger partial charge in [-0.25, -0.2) is 0 Å². The quantitative estimate of drug-likeness (QED) is 0.225. The first kappa shape index (κ1) is 24.9. The Morgan fingerprint density at radius 2 is 1.47 bits per heavy atom. The van der Waals surface area contributed by atoms with Crippen LogP contribution < -0.4 is 0 Å². The molecule has 0 heterocycles. The van der Waals surface area contributed by atoms with E-state index >= 15 is 0 Å². The fourth-order valence-corrected chi connectivity index (χ4v) is 1.51. The van der Waals surface area contributed by atoms with Crippen LogP contribution in [0.1, 0.15) is 65.7 Å². The van der Waals surface area contributed by atoms with Crippen molar-refractivity contribution >= 4 is 50.3 Å². The summed E-state index contributed by atoms with van der Waals surface area (Å²) in [5, 5.41) is 0. The van der Waals surface area contributed by atoms with Crippen molar-refractivity contribution < 1.29 is 15.0 Å². The Morgan fingerprint density at radius 3 is 1.89 bits per heavy atom. The van der Waals surface area contributed by atoms with Crippen molar-refractivity contribution in [1.29, 1.82) is 0 Å². The van der Waals surface area contributed by atoms with E-state index in [4.69, 9.17) is 4.74 Å². The second-order valence-electron chi connectivity index (χ2n) is 4.73. The van der Waals surface area contributed by atoms with E-state index in [-0.39, 0.29) is 11.4 Å². The van der Waals surface area contributed by atoms with Crippen LogP contribution in [-0.4, -0.2) is 50.8 Å².